The lowest BCUT2D eigenvalue weighted by atomic mass is 10.1. The average molecular weight is 284 g/mol. The van der Waals surface area contributed by atoms with Gasteiger partial charge in [-0.05, 0) is 50.1 Å². The van der Waals surface area contributed by atoms with Crippen LogP contribution in [-0.4, -0.2) is 13.6 Å². The fourth-order valence-electron chi connectivity index (χ4n) is 3.09. The van der Waals surface area contributed by atoms with Gasteiger partial charge in [0, 0.05) is 30.0 Å². The van der Waals surface area contributed by atoms with Crippen molar-refractivity contribution in [1.82, 2.24) is 5.32 Å². The first kappa shape index (κ1) is 14.1. The number of anilines is 2. The van der Waals surface area contributed by atoms with Crippen molar-refractivity contribution in [2.24, 2.45) is 0 Å². The predicted octanol–water partition coefficient (Wildman–Crippen LogP) is 4.02. The molecule has 3 heteroatoms. The number of halogens is 1. The Labute approximate surface area is 125 Å². The molecule has 0 fully saturated rings. The molecule has 0 saturated carbocycles. The van der Waals surface area contributed by atoms with Crippen LogP contribution in [0.25, 0.3) is 0 Å². The van der Waals surface area contributed by atoms with Crippen molar-refractivity contribution in [2.75, 3.05) is 18.5 Å². The van der Waals surface area contributed by atoms with Crippen LogP contribution in [0.5, 0.6) is 0 Å². The van der Waals surface area contributed by atoms with E-state index in [1.807, 2.05) is 13.1 Å². The highest BCUT2D eigenvalue weighted by Gasteiger charge is 2.20. The Morgan fingerprint density at radius 2 is 1.86 bits per heavy atom. The van der Waals surface area contributed by atoms with E-state index in [9.17, 15) is 4.39 Å². The molecule has 2 nitrogen and oxygen atoms in total. The van der Waals surface area contributed by atoms with Crippen LogP contribution in [0.4, 0.5) is 15.8 Å². The van der Waals surface area contributed by atoms with E-state index < -0.39 is 0 Å². The molecule has 2 aromatic carbocycles. The standard InChI is InChI=1S/C18H21FN2/c1-20-13-15-16(19)9-6-11-18(15)21-12-5-4-8-14-7-2-3-10-17(14)21/h2-3,6-7,9-11,20H,4-5,8,12-13H2,1H3. The molecular weight excluding hydrogens is 263 g/mol. The monoisotopic (exact) mass is 284 g/mol. The van der Waals surface area contributed by atoms with Crippen molar-refractivity contribution in [1.29, 1.82) is 0 Å². The summed E-state index contributed by atoms with van der Waals surface area (Å²) in [6.07, 6.45) is 3.41. The summed E-state index contributed by atoms with van der Waals surface area (Å²) in [6, 6.07) is 13.9. The number of hydrogen-bond donors (Lipinski definition) is 1. The van der Waals surface area contributed by atoms with E-state index in [4.69, 9.17) is 0 Å². The first-order chi connectivity index (χ1) is 10.3. The maximum absolute atomic E-state index is 14.2. The van der Waals surface area contributed by atoms with E-state index >= 15 is 0 Å². The zero-order valence-electron chi connectivity index (χ0n) is 12.4. The molecule has 21 heavy (non-hydrogen) atoms. The predicted molar refractivity (Wildman–Crippen MR) is 85.5 cm³/mol. The molecule has 3 rings (SSSR count). The molecule has 0 saturated heterocycles. The molecular formula is C18H21FN2. The number of nitrogens with one attached hydrogen (secondary N) is 1. The van der Waals surface area contributed by atoms with Gasteiger partial charge in [0.1, 0.15) is 5.82 Å². The first-order valence-corrected chi connectivity index (χ1v) is 7.58. The fourth-order valence-corrected chi connectivity index (χ4v) is 3.09. The van der Waals surface area contributed by atoms with Gasteiger partial charge < -0.3 is 10.2 Å². The van der Waals surface area contributed by atoms with Crippen molar-refractivity contribution < 1.29 is 4.39 Å². The van der Waals surface area contributed by atoms with Crippen LogP contribution in [0.15, 0.2) is 42.5 Å². The number of aryl methyl sites for hydroxylation is 1. The topological polar surface area (TPSA) is 15.3 Å². The van der Waals surface area contributed by atoms with E-state index in [0.29, 0.717) is 6.54 Å². The molecule has 0 spiro atoms. The van der Waals surface area contributed by atoms with E-state index in [2.05, 4.69) is 34.5 Å². The zero-order valence-corrected chi connectivity index (χ0v) is 12.4. The number of hydrogen-bond acceptors (Lipinski definition) is 2. The molecule has 1 heterocycles. The van der Waals surface area contributed by atoms with Crippen molar-refractivity contribution in [3.05, 3.63) is 59.4 Å². The number of nitrogens with zero attached hydrogens (tertiary/aromatic N) is 1. The molecule has 110 valence electrons. The summed E-state index contributed by atoms with van der Waals surface area (Å²) in [5.74, 6) is -0.136. The van der Waals surface area contributed by atoms with Gasteiger partial charge in [-0.2, -0.15) is 0 Å². The highest BCUT2D eigenvalue weighted by atomic mass is 19.1. The van der Waals surface area contributed by atoms with E-state index in [1.165, 1.54) is 17.7 Å². The third kappa shape index (κ3) is 2.79. The molecule has 1 N–H and O–H groups in total. The molecule has 2 aromatic rings. The molecule has 1 aliphatic heterocycles. The summed E-state index contributed by atoms with van der Waals surface area (Å²) in [4.78, 5) is 2.28. The molecule has 1 aliphatic rings. The fraction of sp³-hybridized carbons (Fsp3) is 0.333. The van der Waals surface area contributed by atoms with Gasteiger partial charge in [-0.15, -0.1) is 0 Å². The minimum absolute atomic E-state index is 0.136. The Balaban J connectivity index is 2.10. The van der Waals surface area contributed by atoms with Crippen LogP contribution < -0.4 is 10.2 Å². The minimum Gasteiger partial charge on any atom is -0.341 e. The highest BCUT2D eigenvalue weighted by Crippen LogP contribution is 2.35. The Morgan fingerprint density at radius 1 is 1.05 bits per heavy atom. The number of rotatable bonds is 3. The van der Waals surface area contributed by atoms with Crippen molar-refractivity contribution >= 4 is 11.4 Å². The van der Waals surface area contributed by atoms with Crippen LogP contribution in [0, 0.1) is 5.82 Å². The van der Waals surface area contributed by atoms with Crippen molar-refractivity contribution in [2.45, 2.75) is 25.8 Å². The molecule has 0 atom stereocenters. The van der Waals surface area contributed by atoms with E-state index in [0.717, 1.165) is 30.6 Å². The van der Waals surface area contributed by atoms with Gasteiger partial charge in [-0.25, -0.2) is 4.39 Å². The van der Waals surface area contributed by atoms with Crippen LogP contribution in [-0.2, 0) is 13.0 Å². The van der Waals surface area contributed by atoms with Crippen LogP contribution in [0.2, 0.25) is 0 Å². The van der Waals surface area contributed by atoms with Crippen LogP contribution >= 0.6 is 0 Å². The molecule has 0 unspecified atom stereocenters. The molecule has 0 bridgehead atoms. The first-order valence-electron chi connectivity index (χ1n) is 7.58. The number of para-hydroxylation sites is 1. The second kappa shape index (κ2) is 6.27. The lowest BCUT2D eigenvalue weighted by Crippen LogP contribution is -2.21. The average Bonchev–Trinajstić information content (AvgIpc) is 2.72. The third-order valence-corrected chi connectivity index (χ3v) is 4.10. The Bertz CT molecular complexity index is 624. The summed E-state index contributed by atoms with van der Waals surface area (Å²) < 4.78 is 14.2. The van der Waals surface area contributed by atoms with Crippen LogP contribution in [0.3, 0.4) is 0 Å². The van der Waals surface area contributed by atoms with Gasteiger partial charge in [0.2, 0.25) is 0 Å². The number of fused-ring (bicyclic) bond motifs is 1. The van der Waals surface area contributed by atoms with Crippen LogP contribution in [0.1, 0.15) is 24.0 Å². The minimum atomic E-state index is -0.136. The second-order valence-corrected chi connectivity index (χ2v) is 5.51. The van der Waals surface area contributed by atoms with E-state index in [-0.39, 0.29) is 5.82 Å². The van der Waals surface area contributed by atoms with Gasteiger partial charge in [0.25, 0.3) is 0 Å². The lowest BCUT2D eigenvalue weighted by molar-refractivity contribution is 0.600. The summed E-state index contributed by atoms with van der Waals surface area (Å²) >= 11 is 0. The molecule has 0 radical (unpaired) electrons. The Hall–Kier alpha value is -1.87. The smallest absolute Gasteiger partial charge is 0.129 e. The molecule has 0 amide bonds. The SMILES string of the molecule is CNCc1c(F)cccc1N1CCCCc2ccccc21. The normalized spacial score (nSPS) is 14.7. The van der Waals surface area contributed by atoms with Gasteiger partial charge >= 0.3 is 0 Å². The maximum Gasteiger partial charge on any atom is 0.129 e. The van der Waals surface area contributed by atoms with Crippen molar-refractivity contribution in [3.63, 3.8) is 0 Å². The Morgan fingerprint density at radius 3 is 2.71 bits per heavy atom. The van der Waals surface area contributed by atoms with Gasteiger partial charge in [-0.3, -0.25) is 0 Å². The zero-order chi connectivity index (χ0) is 14.7. The largest absolute Gasteiger partial charge is 0.341 e. The maximum atomic E-state index is 14.2. The second-order valence-electron chi connectivity index (χ2n) is 5.51. The van der Waals surface area contributed by atoms with E-state index in [1.54, 1.807) is 12.1 Å². The lowest BCUT2D eigenvalue weighted by Gasteiger charge is -2.27. The number of benzene rings is 2. The summed E-state index contributed by atoms with van der Waals surface area (Å²) in [7, 11) is 1.85. The summed E-state index contributed by atoms with van der Waals surface area (Å²) in [6.45, 7) is 1.48. The quantitative estimate of drug-likeness (QED) is 0.915. The van der Waals surface area contributed by atoms with Crippen molar-refractivity contribution in [3.8, 4) is 0 Å². The highest BCUT2D eigenvalue weighted by molar-refractivity contribution is 5.69. The summed E-state index contributed by atoms with van der Waals surface area (Å²) in [5, 5.41) is 3.08. The van der Waals surface area contributed by atoms with Gasteiger partial charge in [0.15, 0.2) is 0 Å². The molecule has 0 aromatic heterocycles. The summed E-state index contributed by atoms with van der Waals surface area (Å²) in [5.41, 5.74) is 4.31. The Kier molecular flexibility index (Phi) is 4.20. The van der Waals surface area contributed by atoms with Gasteiger partial charge in [-0.1, -0.05) is 24.3 Å². The third-order valence-electron chi connectivity index (χ3n) is 4.10. The molecule has 0 aliphatic carbocycles. The van der Waals surface area contributed by atoms with Gasteiger partial charge in [0.05, 0.1) is 0 Å².